The highest BCUT2D eigenvalue weighted by atomic mass is 32.2. The maximum Gasteiger partial charge on any atom is 0.234 e. The number of ether oxygens (including phenoxy) is 1. The third kappa shape index (κ3) is 4.19. The van der Waals surface area contributed by atoms with Crippen molar-refractivity contribution in [2.45, 2.75) is 32.9 Å². The standard InChI is InChI=1S/C20H23N3O2S/c1-5-25-15-6-7-16-17(10-15)22-20(21-16)26-11-18(24)23-19-13(3)8-12(2)9-14(19)4/h6-10H,5,11H2,1-4H3,(H,21,22)(H,23,24). The molecule has 6 heteroatoms. The summed E-state index contributed by atoms with van der Waals surface area (Å²) in [5.41, 5.74) is 6.01. The lowest BCUT2D eigenvalue weighted by Gasteiger charge is -2.12. The Kier molecular flexibility index (Phi) is 5.52. The number of carbonyl (C=O) groups is 1. The van der Waals surface area contributed by atoms with E-state index in [1.165, 1.54) is 17.3 Å². The Morgan fingerprint density at radius 3 is 2.62 bits per heavy atom. The number of amides is 1. The first-order valence-corrected chi connectivity index (χ1v) is 9.58. The van der Waals surface area contributed by atoms with Crippen LogP contribution in [-0.2, 0) is 4.79 Å². The predicted molar refractivity (Wildman–Crippen MR) is 107 cm³/mol. The zero-order valence-corrected chi connectivity index (χ0v) is 16.3. The van der Waals surface area contributed by atoms with E-state index in [2.05, 4.69) is 34.3 Å². The van der Waals surface area contributed by atoms with Crippen LogP contribution in [0.25, 0.3) is 11.0 Å². The number of carbonyl (C=O) groups excluding carboxylic acids is 1. The van der Waals surface area contributed by atoms with Gasteiger partial charge in [0, 0.05) is 11.8 Å². The van der Waals surface area contributed by atoms with Gasteiger partial charge in [-0.25, -0.2) is 4.98 Å². The number of imidazole rings is 1. The van der Waals surface area contributed by atoms with Crippen LogP contribution < -0.4 is 10.1 Å². The topological polar surface area (TPSA) is 67.0 Å². The maximum absolute atomic E-state index is 12.3. The molecule has 3 rings (SSSR count). The van der Waals surface area contributed by atoms with Crippen LogP contribution in [0.1, 0.15) is 23.6 Å². The lowest BCUT2D eigenvalue weighted by molar-refractivity contribution is -0.113. The minimum absolute atomic E-state index is 0.0412. The Morgan fingerprint density at radius 1 is 1.19 bits per heavy atom. The summed E-state index contributed by atoms with van der Waals surface area (Å²) in [6, 6.07) is 9.89. The molecule has 0 unspecified atom stereocenters. The van der Waals surface area contributed by atoms with Crippen molar-refractivity contribution >= 4 is 34.4 Å². The molecule has 26 heavy (non-hydrogen) atoms. The monoisotopic (exact) mass is 369 g/mol. The van der Waals surface area contributed by atoms with Crippen molar-refractivity contribution in [3.63, 3.8) is 0 Å². The van der Waals surface area contributed by atoms with Crippen molar-refractivity contribution in [3.05, 3.63) is 47.0 Å². The van der Waals surface area contributed by atoms with E-state index in [1.54, 1.807) is 0 Å². The van der Waals surface area contributed by atoms with E-state index in [-0.39, 0.29) is 5.91 Å². The average Bonchev–Trinajstić information content (AvgIpc) is 2.99. The molecule has 1 heterocycles. The fourth-order valence-electron chi connectivity index (χ4n) is 2.98. The lowest BCUT2D eigenvalue weighted by Crippen LogP contribution is -2.16. The molecule has 0 radical (unpaired) electrons. The second-order valence-electron chi connectivity index (χ2n) is 6.26. The molecule has 5 nitrogen and oxygen atoms in total. The molecule has 0 bridgehead atoms. The van der Waals surface area contributed by atoms with E-state index in [0.29, 0.717) is 12.4 Å². The van der Waals surface area contributed by atoms with Gasteiger partial charge in [0.2, 0.25) is 5.91 Å². The van der Waals surface area contributed by atoms with Gasteiger partial charge in [0.1, 0.15) is 5.75 Å². The number of hydrogen-bond donors (Lipinski definition) is 2. The molecule has 2 aromatic carbocycles. The van der Waals surface area contributed by atoms with E-state index < -0.39 is 0 Å². The third-order valence-electron chi connectivity index (χ3n) is 4.02. The largest absolute Gasteiger partial charge is 0.494 e. The number of benzene rings is 2. The van der Waals surface area contributed by atoms with E-state index in [4.69, 9.17) is 4.74 Å². The summed E-state index contributed by atoms with van der Waals surface area (Å²) in [6.45, 7) is 8.66. The van der Waals surface area contributed by atoms with Gasteiger partial charge in [0.25, 0.3) is 0 Å². The first kappa shape index (κ1) is 18.3. The molecule has 1 amide bonds. The van der Waals surface area contributed by atoms with Gasteiger partial charge < -0.3 is 15.0 Å². The highest BCUT2D eigenvalue weighted by Gasteiger charge is 2.11. The van der Waals surface area contributed by atoms with Gasteiger partial charge in [-0.2, -0.15) is 0 Å². The van der Waals surface area contributed by atoms with Crippen LogP contribution in [0.2, 0.25) is 0 Å². The number of H-pyrrole nitrogens is 1. The van der Waals surface area contributed by atoms with Crippen molar-refractivity contribution in [2.24, 2.45) is 0 Å². The summed E-state index contributed by atoms with van der Waals surface area (Å²) < 4.78 is 5.50. The van der Waals surface area contributed by atoms with Crippen molar-refractivity contribution in [2.75, 3.05) is 17.7 Å². The number of aryl methyl sites for hydroxylation is 3. The van der Waals surface area contributed by atoms with Crippen LogP contribution in [0.4, 0.5) is 5.69 Å². The number of fused-ring (bicyclic) bond motifs is 1. The van der Waals surface area contributed by atoms with Crippen molar-refractivity contribution in [1.82, 2.24) is 9.97 Å². The van der Waals surface area contributed by atoms with Gasteiger partial charge in [-0.3, -0.25) is 4.79 Å². The minimum atomic E-state index is -0.0412. The Labute approximate surface area is 157 Å². The van der Waals surface area contributed by atoms with Gasteiger partial charge in [-0.15, -0.1) is 0 Å². The Morgan fingerprint density at radius 2 is 1.92 bits per heavy atom. The molecular formula is C20H23N3O2S. The van der Waals surface area contributed by atoms with E-state index in [0.717, 1.165) is 38.8 Å². The van der Waals surface area contributed by atoms with E-state index in [9.17, 15) is 4.79 Å². The lowest BCUT2D eigenvalue weighted by atomic mass is 10.1. The zero-order valence-electron chi connectivity index (χ0n) is 15.5. The number of aromatic amines is 1. The van der Waals surface area contributed by atoms with Crippen LogP contribution in [0.15, 0.2) is 35.5 Å². The molecule has 0 atom stereocenters. The highest BCUT2D eigenvalue weighted by Crippen LogP contribution is 2.25. The summed E-state index contributed by atoms with van der Waals surface area (Å²) in [5.74, 6) is 1.06. The molecule has 0 saturated heterocycles. The first-order chi connectivity index (χ1) is 12.5. The molecule has 3 aromatic rings. The van der Waals surface area contributed by atoms with E-state index in [1.807, 2.05) is 39.0 Å². The summed E-state index contributed by atoms with van der Waals surface area (Å²) in [7, 11) is 0. The second-order valence-corrected chi connectivity index (χ2v) is 7.23. The van der Waals surface area contributed by atoms with Gasteiger partial charge in [-0.1, -0.05) is 29.5 Å². The number of anilines is 1. The number of thioether (sulfide) groups is 1. The van der Waals surface area contributed by atoms with Crippen LogP contribution in [0.3, 0.4) is 0 Å². The van der Waals surface area contributed by atoms with E-state index >= 15 is 0 Å². The zero-order chi connectivity index (χ0) is 18.7. The molecule has 0 aliphatic rings. The fraction of sp³-hybridized carbons (Fsp3) is 0.300. The van der Waals surface area contributed by atoms with Crippen LogP contribution in [0, 0.1) is 20.8 Å². The second kappa shape index (κ2) is 7.83. The number of nitrogens with zero attached hydrogens (tertiary/aromatic N) is 1. The van der Waals surface area contributed by atoms with Gasteiger partial charge >= 0.3 is 0 Å². The van der Waals surface area contributed by atoms with Crippen LogP contribution in [0.5, 0.6) is 5.75 Å². The number of nitrogens with one attached hydrogen (secondary N) is 2. The summed E-state index contributed by atoms with van der Waals surface area (Å²) >= 11 is 1.39. The Bertz CT molecular complexity index is 926. The number of hydrogen-bond acceptors (Lipinski definition) is 4. The van der Waals surface area contributed by atoms with Gasteiger partial charge in [0.05, 0.1) is 23.4 Å². The third-order valence-corrected chi connectivity index (χ3v) is 4.90. The molecular weight excluding hydrogens is 346 g/mol. The van der Waals surface area contributed by atoms with Crippen LogP contribution >= 0.6 is 11.8 Å². The summed E-state index contributed by atoms with van der Waals surface area (Å²) in [4.78, 5) is 20.1. The van der Waals surface area contributed by atoms with Crippen molar-refractivity contribution in [3.8, 4) is 5.75 Å². The molecule has 0 aliphatic heterocycles. The maximum atomic E-state index is 12.3. The molecule has 0 fully saturated rings. The number of rotatable bonds is 6. The van der Waals surface area contributed by atoms with Crippen molar-refractivity contribution in [1.29, 1.82) is 0 Å². The molecule has 0 aliphatic carbocycles. The van der Waals surface area contributed by atoms with Crippen molar-refractivity contribution < 1.29 is 9.53 Å². The highest BCUT2D eigenvalue weighted by molar-refractivity contribution is 7.99. The fourth-order valence-corrected chi connectivity index (χ4v) is 3.66. The van der Waals surface area contributed by atoms with Crippen LogP contribution in [-0.4, -0.2) is 28.2 Å². The SMILES string of the molecule is CCOc1ccc2nc(SCC(=O)Nc3c(C)cc(C)cc3C)[nH]c2c1. The Balaban J connectivity index is 1.65. The molecule has 136 valence electrons. The normalized spacial score (nSPS) is 10.9. The predicted octanol–water partition coefficient (Wildman–Crippen LogP) is 4.62. The molecule has 2 N–H and O–H groups in total. The van der Waals surface area contributed by atoms with Gasteiger partial charge in [-0.05, 0) is 51.0 Å². The van der Waals surface area contributed by atoms with Gasteiger partial charge in [0.15, 0.2) is 5.16 Å². The smallest absolute Gasteiger partial charge is 0.234 e. The minimum Gasteiger partial charge on any atom is -0.494 e. The summed E-state index contributed by atoms with van der Waals surface area (Å²) in [6.07, 6.45) is 0. The summed E-state index contributed by atoms with van der Waals surface area (Å²) in [5, 5.41) is 3.74. The molecule has 1 aromatic heterocycles. The average molecular weight is 369 g/mol. The number of aromatic nitrogens is 2. The first-order valence-electron chi connectivity index (χ1n) is 8.59. The quantitative estimate of drug-likeness (QED) is 0.622. The molecule has 0 spiro atoms. The Hall–Kier alpha value is -2.47. The molecule has 0 saturated carbocycles.